The highest BCUT2D eigenvalue weighted by Crippen LogP contribution is 2.33. The van der Waals surface area contributed by atoms with Crippen molar-refractivity contribution >= 4 is 34.1 Å². The van der Waals surface area contributed by atoms with Crippen molar-refractivity contribution in [3.05, 3.63) is 53.2 Å². The average molecular weight is 465 g/mol. The molecule has 1 aromatic carbocycles. The first kappa shape index (κ1) is 22.6. The number of nitrogens with zero attached hydrogens (tertiary/aromatic N) is 3. The Kier molecular flexibility index (Phi) is 7.01. The second kappa shape index (κ2) is 9.92. The molecule has 3 heterocycles. The van der Waals surface area contributed by atoms with E-state index in [1.165, 1.54) is 19.3 Å². The van der Waals surface area contributed by atoms with E-state index < -0.39 is 11.7 Å². The number of halogens is 4. The maximum Gasteiger partial charge on any atom is 0.416 e. The van der Waals surface area contributed by atoms with Gasteiger partial charge in [-0.3, -0.25) is 0 Å². The van der Waals surface area contributed by atoms with Crippen LogP contribution in [0.5, 0.6) is 5.75 Å². The highest BCUT2D eigenvalue weighted by atomic mass is 35.5. The molecule has 0 spiro atoms. The molecule has 1 aliphatic rings. The quantitative estimate of drug-likeness (QED) is 0.416. The molecule has 0 radical (unpaired) electrons. The number of aromatic nitrogens is 2. The lowest BCUT2D eigenvalue weighted by atomic mass is 10.1. The Morgan fingerprint density at radius 2 is 1.84 bits per heavy atom. The van der Waals surface area contributed by atoms with Crippen molar-refractivity contribution in [3.63, 3.8) is 0 Å². The first-order chi connectivity index (χ1) is 15.4. The highest BCUT2D eigenvalue weighted by molar-refractivity contribution is 6.35. The molecular formula is C23H24ClF3N4O. The van der Waals surface area contributed by atoms with Gasteiger partial charge in [-0.15, -0.1) is 0 Å². The van der Waals surface area contributed by atoms with E-state index in [1.54, 1.807) is 18.2 Å². The fraction of sp³-hybridized carbons (Fsp3) is 0.391. The Bertz CT molecular complexity index is 1070. The molecule has 0 aliphatic carbocycles. The molecule has 0 bridgehead atoms. The van der Waals surface area contributed by atoms with Gasteiger partial charge in [0.25, 0.3) is 0 Å². The van der Waals surface area contributed by atoms with Crippen LogP contribution in [-0.4, -0.2) is 41.1 Å². The van der Waals surface area contributed by atoms with Crippen molar-refractivity contribution in [1.29, 1.82) is 0 Å². The Morgan fingerprint density at radius 3 is 2.62 bits per heavy atom. The molecular weight excluding hydrogens is 441 g/mol. The molecule has 3 aromatic rings. The normalized spacial score (nSPS) is 15.1. The van der Waals surface area contributed by atoms with Crippen molar-refractivity contribution in [2.24, 2.45) is 0 Å². The molecule has 0 amide bonds. The van der Waals surface area contributed by atoms with Gasteiger partial charge >= 0.3 is 6.18 Å². The number of rotatable bonds is 7. The lowest BCUT2D eigenvalue weighted by Gasteiger charge is -2.26. The maximum atomic E-state index is 12.9. The van der Waals surface area contributed by atoms with Crippen LogP contribution in [0.4, 0.5) is 24.8 Å². The van der Waals surface area contributed by atoms with Crippen molar-refractivity contribution < 1.29 is 17.9 Å². The van der Waals surface area contributed by atoms with Gasteiger partial charge in [-0.25, -0.2) is 9.97 Å². The monoisotopic (exact) mass is 464 g/mol. The summed E-state index contributed by atoms with van der Waals surface area (Å²) in [7, 11) is 0. The zero-order valence-corrected chi connectivity index (χ0v) is 18.2. The number of ether oxygens (including phenoxy) is 1. The van der Waals surface area contributed by atoms with Crippen LogP contribution in [0.15, 0.2) is 42.6 Å². The topological polar surface area (TPSA) is 50.3 Å². The Labute approximate surface area is 189 Å². The van der Waals surface area contributed by atoms with Crippen molar-refractivity contribution in [1.82, 2.24) is 14.9 Å². The molecule has 1 N–H and O–H groups in total. The van der Waals surface area contributed by atoms with Crippen molar-refractivity contribution in [2.45, 2.75) is 31.9 Å². The van der Waals surface area contributed by atoms with Crippen molar-refractivity contribution in [2.75, 3.05) is 31.6 Å². The molecule has 0 atom stereocenters. The Hall–Kier alpha value is -2.58. The minimum Gasteiger partial charge on any atom is -0.493 e. The van der Waals surface area contributed by atoms with Crippen LogP contribution in [0.1, 0.15) is 31.2 Å². The van der Waals surface area contributed by atoms with Crippen LogP contribution >= 0.6 is 11.6 Å². The number of piperidine rings is 1. The standard InChI is InChI=1S/C23H24ClF3N4O/c24-18-6-7-19(32-14-4-13-31-11-2-1-3-12-31)17-5-8-20(30-22(17)18)29-21-15-16(9-10-28-21)23(25,26)27/h5-10,15H,1-4,11-14H2,(H,28,29,30). The molecule has 0 saturated carbocycles. The van der Waals surface area contributed by atoms with E-state index in [0.29, 0.717) is 28.7 Å². The van der Waals surface area contributed by atoms with Crippen LogP contribution in [0.2, 0.25) is 5.02 Å². The zero-order valence-electron chi connectivity index (χ0n) is 17.5. The second-order valence-corrected chi connectivity index (χ2v) is 8.20. The molecule has 2 aromatic heterocycles. The van der Waals surface area contributed by atoms with Gasteiger partial charge in [0, 0.05) is 18.1 Å². The Balaban J connectivity index is 1.45. The number of hydrogen-bond donors (Lipinski definition) is 1. The van der Waals surface area contributed by atoms with E-state index in [9.17, 15) is 13.2 Å². The number of hydrogen-bond acceptors (Lipinski definition) is 5. The van der Waals surface area contributed by atoms with E-state index in [-0.39, 0.29) is 5.82 Å². The molecule has 4 rings (SSSR count). The van der Waals surface area contributed by atoms with Crippen LogP contribution < -0.4 is 10.1 Å². The fourth-order valence-electron chi connectivity index (χ4n) is 3.81. The van der Waals surface area contributed by atoms with Gasteiger partial charge < -0.3 is 15.0 Å². The number of nitrogens with one attached hydrogen (secondary N) is 1. The summed E-state index contributed by atoms with van der Waals surface area (Å²) in [5, 5.41) is 4.00. The van der Waals surface area contributed by atoms with Gasteiger partial charge in [0.15, 0.2) is 0 Å². The zero-order chi connectivity index (χ0) is 22.6. The third kappa shape index (κ3) is 5.61. The molecule has 9 heteroatoms. The summed E-state index contributed by atoms with van der Waals surface area (Å²) < 4.78 is 44.8. The van der Waals surface area contributed by atoms with Crippen LogP contribution in [-0.2, 0) is 6.18 Å². The lowest BCUT2D eigenvalue weighted by Crippen LogP contribution is -2.31. The molecule has 0 unspecified atom stereocenters. The highest BCUT2D eigenvalue weighted by Gasteiger charge is 2.30. The number of anilines is 2. The molecule has 1 aliphatic heterocycles. The largest absolute Gasteiger partial charge is 0.493 e. The minimum absolute atomic E-state index is 0.0490. The average Bonchev–Trinajstić information content (AvgIpc) is 2.78. The number of likely N-dealkylation sites (tertiary alicyclic amines) is 1. The van der Waals surface area contributed by atoms with Gasteiger partial charge in [0.05, 0.1) is 22.7 Å². The summed E-state index contributed by atoms with van der Waals surface area (Å²) in [6.07, 6.45) is 1.44. The van der Waals surface area contributed by atoms with E-state index in [1.807, 2.05) is 6.07 Å². The van der Waals surface area contributed by atoms with Gasteiger partial charge in [-0.1, -0.05) is 18.0 Å². The summed E-state index contributed by atoms with van der Waals surface area (Å²) in [4.78, 5) is 10.9. The predicted octanol–water partition coefficient (Wildman–Crippen LogP) is 6.30. The summed E-state index contributed by atoms with van der Waals surface area (Å²) in [6, 6.07) is 8.85. The smallest absolute Gasteiger partial charge is 0.416 e. The fourth-order valence-corrected chi connectivity index (χ4v) is 4.02. The summed E-state index contributed by atoms with van der Waals surface area (Å²) >= 11 is 6.34. The van der Waals surface area contributed by atoms with Gasteiger partial charge in [-0.05, 0) is 68.8 Å². The van der Waals surface area contributed by atoms with Crippen LogP contribution in [0.25, 0.3) is 10.9 Å². The minimum atomic E-state index is -4.44. The number of fused-ring (bicyclic) bond motifs is 1. The molecule has 32 heavy (non-hydrogen) atoms. The second-order valence-electron chi connectivity index (χ2n) is 7.80. The van der Waals surface area contributed by atoms with Gasteiger partial charge in [0.2, 0.25) is 0 Å². The van der Waals surface area contributed by atoms with E-state index in [4.69, 9.17) is 16.3 Å². The summed E-state index contributed by atoms with van der Waals surface area (Å²) in [5.74, 6) is 1.07. The third-order valence-corrected chi connectivity index (χ3v) is 5.74. The molecule has 170 valence electrons. The third-order valence-electron chi connectivity index (χ3n) is 5.44. The van der Waals surface area contributed by atoms with Gasteiger partial charge in [0.1, 0.15) is 17.4 Å². The number of pyridine rings is 2. The van der Waals surface area contributed by atoms with E-state index in [0.717, 1.165) is 49.8 Å². The first-order valence-corrected chi connectivity index (χ1v) is 11.0. The molecule has 5 nitrogen and oxygen atoms in total. The first-order valence-electron chi connectivity index (χ1n) is 10.6. The summed E-state index contributed by atoms with van der Waals surface area (Å²) in [5.41, 5.74) is -0.272. The molecule has 1 saturated heterocycles. The predicted molar refractivity (Wildman–Crippen MR) is 120 cm³/mol. The van der Waals surface area contributed by atoms with E-state index >= 15 is 0 Å². The van der Waals surface area contributed by atoms with E-state index in [2.05, 4.69) is 20.2 Å². The SMILES string of the molecule is FC(F)(F)c1ccnc(Nc2ccc3c(OCCCN4CCCCC4)ccc(Cl)c3n2)c1. The van der Waals surface area contributed by atoms with Crippen molar-refractivity contribution in [3.8, 4) is 5.75 Å². The number of alkyl halides is 3. The summed E-state index contributed by atoms with van der Waals surface area (Å²) in [6.45, 7) is 3.91. The van der Waals surface area contributed by atoms with Gasteiger partial charge in [-0.2, -0.15) is 13.2 Å². The van der Waals surface area contributed by atoms with Crippen LogP contribution in [0, 0.1) is 0 Å². The van der Waals surface area contributed by atoms with Crippen LogP contribution in [0.3, 0.4) is 0 Å². The number of benzene rings is 1. The lowest BCUT2D eigenvalue weighted by molar-refractivity contribution is -0.137. The molecule has 1 fully saturated rings. The maximum absolute atomic E-state index is 12.9. The Morgan fingerprint density at radius 1 is 1.03 bits per heavy atom.